The minimum atomic E-state index is -0.192. The Bertz CT molecular complexity index is 413. The number of ketones is 1. The van der Waals surface area contributed by atoms with E-state index in [4.69, 9.17) is 0 Å². The maximum Gasteiger partial charge on any atom is 0.236 e. The highest BCUT2D eigenvalue weighted by Crippen LogP contribution is 2.28. The van der Waals surface area contributed by atoms with Gasteiger partial charge in [0.15, 0.2) is 11.6 Å². The fraction of sp³-hybridized carbons (Fsp3) is 0.375. The summed E-state index contributed by atoms with van der Waals surface area (Å²) in [5.74, 6) is 0.239. The van der Waals surface area contributed by atoms with E-state index in [0.717, 1.165) is 10.2 Å². The highest BCUT2D eigenvalue weighted by atomic mass is 79.9. The molecule has 1 aromatic rings. The molecule has 0 atom stereocenters. The summed E-state index contributed by atoms with van der Waals surface area (Å²) < 4.78 is 0.737. The van der Waals surface area contributed by atoms with Crippen molar-refractivity contribution in [1.29, 1.82) is 0 Å². The van der Waals surface area contributed by atoms with Crippen molar-refractivity contribution in [3.8, 4) is 0 Å². The number of carbonyl (C=O) groups excluding carboxylic acids is 2. The molecule has 1 saturated heterocycles. The number of aryl methyl sites for hydroxylation is 1. The highest BCUT2D eigenvalue weighted by Gasteiger charge is 2.31. The molecule has 1 aliphatic heterocycles. The van der Waals surface area contributed by atoms with Crippen LogP contribution >= 0.6 is 15.9 Å². The van der Waals surface area contributed by atoms with Crippen LogP contribution in [0, 0.1) is 6.92 Å². The third kappa shape index (κ3) is 1.35. The number of hydrogen-bond acceptors (Lipinski definition) is 3. The molecule has 0 spiro atoms. The minimum Gasteiger partial charge on any atom is -0.297 e. The van der Waals surface area contributed by atoms with Crippen LogP contribution < -0.4 is 4.90 Å². The molecule has 0 unspecified atom stereocenters. The maximum atomic E-state index is 11.4. The van der Waals surface area contributed by atoms with E-state index >= 15 is 0 Å². The van der Waals surface area contributed by atoms with Gasteiger partial charge in [-0.15, -0.1) is 0 Å². The quantitative estimate of drug-likeness (QED) is 0.757. The normalized spacial score (nSPS) is 16.9. The average molecular weight is 258 g/mol. The number of carbonyl (C=O) groups is 2. The number of hydrogen-bond donors (Lipinski definition) is 1. The molecule has 74 valence electrons. The lowest BCUT2D eigenvalue weighted by Gasteiger charge is -2.10. The smallest absolute Gasteiger partial charge is 0.236 e. The van der Waals surface area contributed by atoms with Crippen LogP contribution in [-0.2, 0) is 9.59 Å². The summed E-state index contributed by atoms with van der Waals surface area (Å²) in [4.78, 5) is 23.8. The lowest BCUT2D eigenvalue weighted by atomic mass is 10.3. The molecule has 1 aliphatic rings. The lowest BCUT2D eigenvalue weighted by molar-refractivity contribution is -0.121. The summed E-state index contributed by atoms with van der Waals surface area (Å²) in [5.41, 5.74) is 0.840. The molecular weight excluding hydrogens is 250 g/mol. The first-order chi connectivity index (χ1) is 6.59. The standard InChI is InChI=1S/C8H8BrN3O2/c1-4-7(9)8(11-10-4)12-3-5(13)2-6(12)14/h2-3H2,1H3,(H,10,11). The predicted octanol–water partition coefficient (Wildman–Crippen LogP) is 0.786. The molecule has 2 heterocycles. The van der Waals surface area contributed by atoms with E-state index in [0.29, 0.717) is 5.82 Å². The molecular formula is C8H8BrN3O2. The van der Waals surface area contributed by atoms with E-state index < -0.39 is 0 Å². The SMILES string of the molecule is Cc1[nH]nc(N2CC(=O)CC2=O)c1Br. The Balaban J connectivity index is 2.36. The van der Waals surface area contributed by atoms with Crippen molar-refractivity contribution in [2.75, 3.05) is 11.4 Å². The van der Waals surface area contributed by atoms with Gasteiger partial charge in [-0.1, -0.05) is 0 Å². The van der Waals surface area contributed by atoms with E-state index in [-0.39, 0.29) is 24.7 Å². The molecule has 0 bridgehead atoms. The summed E-state index contributed by atoms with van der Waals surface area (Å²) in [5, 5.41) is 6.71. The van der Waals surface area contributed by atoms with Crippen molar-refractivity contribution in [3.63, 3.8) is 0 Å². The largest absolute Gasteiger partial charge is 0.297 e. The van der Waals surface area contributed by atoms with Crippen LogP contribution in [0.5, 0.6) is 0 Å². The van der Waals surface area contributed by atoms with Crippen molar-refractivity contribution >= 4 is 33.4 Å². The predicted molar refractivity (Wildman–Crippen MR) is 53.0 cm³/mol. The third-order valence-corrected chi connectivity index (χ3v) is 3.04. The van der Waals surface area contributed by atoms with Gasteiger partial charge in [0, 0.05) is 5.69 Å². The number of aromatic amines is 1. The molecule has 0 aromatic carbocycles. The zero-order valence-electron chi connectivity index (χ0n) is 7.50. The molecule has 1 aromatic heterocycles. The Morgan fingerprint density at radius 3 is 2.64 bits per heavy atom. The fourth-order valence-electron chi connectivity index (χ4n) is 1.36. The molecule has 6 heteroatoms. The van der Waals surface area contributed by atoms with Crippen LogP contribution in [0.1, 0.15) is 12.1 Å². The Morgan fingerprint density at radius 2 is 2.21 bits per heavy atom. The molecule has 1 fully saturated rings. The number of rotatable bonds is 1. The topological polar surface area (TPSA) is 66.1 Å². The Morgan fingerprint density at radius 1 is 1.50 bits per heavy atom. The van der Waals surface area contributed by atoms with Gasteiger partial charge in [-0.2, -0.15) is 5.10 Å². The molecule has 0 aliphatic carbocycles. The van der Waals surface area contributed by atoms with Gasteiger partial charge in [0.25, 0.3) is 0 Å². The summed E-state index contributed by atoms with van der Waals surface area (Å²) in [7, 11) is 0. The molecule has 2 rings (SSSR count). The number of aromatic nitrogens is 2. The second-order valence-electron chi connectivity index (χ2n) is 3.18. The Hall–Kier alpha value is -1.17. The summed E-state index contributed by atoms with van der Waals surface area (Å²) in [6.07, 6.45) is -0.0155. The lowest BCUT2D eigenvalue weighted by Crippen LogP contribution is -2.25. The van der Waals surface area contributed by atoms with Gasteiger partial charge >= 0.3 is 0 Å². The molecule has 5 nitrogen and oxygen atoms in total. The molecule has 0 radical (unpaired) electrons. The maximum absolute atomic E-state index is 11.4. The molecule has 1 amide bonds. The van der Waals surface area contributed by atoms with Crippen molar-refractivity contribution in [3.05, 3.63) is 10.2 Å². The number of Topliss-reactive ketones (excluding diaryl/α,β-unsaturated/α-hetero) is 1. The van der Waals surface area contributed by atoms with E-state index in [1.807, 2.05) is 6.92 Å². The van der Waals surface area contributed by atoms with Gasteiger partial charge in [0.05, 0.1) is 17.4 Å². The number of halogens is 1. The fourth-order valence-corrected chi connectivity index (χ4v) is 1.75. The van der Waals surface area contributed by atoms with E-state index in [1.165, 1.54) is 4.90 Å². The first-order valence-corrected chi connectivity index (χ1v) is 4.91. The van der Waals surface area contributed by atoms with Gasteiger partial charge < -0.3 is 0 Å². The number of anilines is 1. The molecule has 0 saturated carbocycles. The number of nitrogens with one attached hydrogen (secondary N) is 1. The number of nitrogens with zero attached hydrogens (tertiary/aromatic N) is 2. The van der Waals surface area contributed by atoms with E-state index in [1.54, 1.807) is 0 Å². The van der Waals surface area contributed by atoms with Gasteiger partial charge in [-0.05, 0) is 22.9 Å². The third-order valence-electron chi connectivity index (χ3n) is 2.09. The minimum absolute atomic E-state index is 0.0155. The van der Waals surface area contributed by atoms with Gasteiger partial charge in [0.1, 0.15) is 0 Å². The van der Waals surface area contributed by atoms with E-state index in [9.17, 15) is 9.59 Å². The first-order valence-electron chi connectivity index (χ1n) is 4.12. The zero-order valence-corrected chi connectivity index (χ0v) is 9.09. The zero-order chi connectivity index (χ0) is 10.3. The summed E-state index contributed by atoms with van der Waals surface area (Å²) >= 11 is 3.31. The Labute approximate surface area is 88.6 Å². The van der Waals surface area contributed by atoms with Crippen LogP contribution in [0.4, 0.5) is 5.82 Å². The summed E-state index contributed by atoms with van der Waals surface area (Å²) in [6.45, 7) is 1.96. The molecule has 1 N–H and O–H groups in total. The van der Waals surface area contributed by atoms with Crippen LogP contribution in [0.2, 0.25) is 0 Å². The van der Waals surface area contributed by atoms with Crippen LogP contribution in [-0.4, -0.2) is 28.4 Å². The Kier molecular flexibility index (Phi) is 2.14. The van der Waals surface area contributed by atoms with Crippen LogP contribution in [0.25, 0.3) is 0 Å². The van der Waals surface area contributed by atoms with Crippen molar-refractivity contribution < 1.29 is 9.59 Å². The number of amides is 1. The van der Waals surface area contributed by atoms with Crippen LogP contribution in [0.15, 0.2) is 4.47 Å². The van der Waals surface area contributed by atoms with E-state index in [2.05, 4.69) is 26.1 Å². The second kappa shape index (κ2) is 3.20. The number of H-pyrrole nitrogens is 1. The highest BCUT2D eigenvalue weighted by molar-refractivity contribution is 9.10. The van der Waals surface area contributed by atoms with Crippen molar-refractivity contribution in [2.45, 2.75) is 13.3 Å². The first kappa shape index (κ1) is 9.39. The summed E-state index contributed by atoms with van der Waals surface area (Å²) in [6, 6.07) is 0. The van der Waals surface area contributed by atoms with Crippen LogP contribution in [0.3, 0.4) is 0 Å². The van der Waals surface area contributed by atoms with Crippen molar-refractivity contribution in [1.82, 2.24) is 10.2 Å². The van der Waals surface area contributed by atoms with Crippen molar-refractivity contribution in [2.24, 2.45) is 0 Å². The van der Waals surface area contributed by atoms with Gasteiger partial charge in [0.2, 0.25) is 5.91 Å². The monoisotopic (exact) mass is 257 g/mol. The average Bonchev–Trinajstić information content (AvgIpc) is 2.59. The molecule has 14 heavy (non-hydrogen) atoms. The van der Waals surface area contributed by atoms with Gasteiger partial charge in [-0.3, -0.25) is 19.6 Å². The second-order valence-corrected chi connectivity index (χ2v) is 3.97. The van der Waals surface area contributed by atoms with Gasteiger partial charge in [-0.25, -0.2) is 0 Å².